The van der Waals surface area contributed by atoms with Crippen LogP contribution in [0.1, 0.15) is 68.2 Å². The van der Waals surface area contributed by atoms with Crippen LogP contribution >= 0.6 is 11.8 Å². The molecule has 39 heavy (non-hydrogen) atoms. The molecule has 0 radical (unpaired) electrons. The predicted molar refractivity (Wildman–Crippen MR) is 159 cm³/mol. The number of nitrogens with zero attached hydrogens (tertiary/aromatic N) is 3. The topological polar surface area (TPSA) is 81.2 Å². The van der Waals surface area contributed by atoms with Gasteiger partial charge in [-0.15, -0.1) is 24.9 Å². The van der Waals surface area contributed by atoms with E-state index < -0.39 is 34.2 Å². The summed E-state index contributed by atoms with van der Waals surface area (Å²) in [4.78, 5) is 48.4. The second kappa shape index (κ2) is 11.2. The number of hydrogen-bond acceptors (Lipinski definition) is 5. The van der Waals surface area contributed by atoms with E-state index in [1.165, 1.54) is 0 Å². The van der Waals surface area contributed by atoms with Crippen molar-refractivity contribution in [2.75, 3.05) is 26.7 Å². The fourth-order valence-electron chi connectivity index (χ4n) is 7.84. The average Bonchev–Trinajstić information content (AvgIpc) is 3.39. The molecule has 3 aliphatic rings. The maximum atomic E-state index is 14.9. The smallest absolute Gasteiger partial charge is 0.247 e. The van der Waals surface area contributed by atoms with E-state index in [-0.39, 0.29) is 46.8 Å². The minimum Gasteiger partial charge on any atom is -0.394 e. The first-order valence-electron chi connectivity index (χ1n) is 14.4. The van der Waals surface area contributed by atoms with Crippen molar-refractivity contribution in [1.29, 1.82) is 0 Å². The van der Waals surface area contributed by atoms with Gasteiger partial charge in [0.2, 0.25) is 17.7 Å². The van der Waals surface area contributed by atoms with Crippen molar-refractivity contribution in [1.82, 2.24) is 14.7 Å². The molecule has 3 aliphatic heterocycles. The van der Waals surface area contributed by atoms with Gasteiger partial charge in [0.15, 0.2) is 0 Å². The van der Waals surface area contributed by atoms with Gasteiger partial charge >= 0.3 is 0 Å². The first-order chi connectivity index (χ1) is 18.0. The molecule has 0 aliphatic carbocycles. The van der Waals surface area contributed by atoms with Gasteiger partial charge in [-0.05, 0) is 43.9 Å². The molecule has 0 aromatic rings. The van der Waals surface area contributed by atoms with Gasteiger partial charge in [0.25, 0.3) is 0 Å². The monoisotopic (exact) mass is 561 g/mol. The van der Waals surface area contributed by atoms with Crippen molar-refractivity contribution < 1.29 is 19.5 Å². The fraction of sp³-hybridized carbons (Fsp3) is 0.774. The highest BCUT2D eigenvalue weighted by atomic mass is 32.2. The number of thioether (sulfide) groups is 1. The second-order valence-corrected chi connectivity index (χ2v) is 15.6. The summed E-state index contributed by atoms with van der Waals surface area (Å²) in [6.45, 7) is 25.0. The lowest BCUT2D eigenvalue weighted by Gasteiger charge is -2.48. The first kappa shape index (κ1) is 31.7. The van der Waals surface area contributed by atoms with E-state index in [4.69, 9.17) is 0 Å². The summed E-state index contributed by atoms with van der Waals surface area (Å²) >= 11 is 1.68. The highest BCUT2D eigenvalue weighted by Crippen LogP contribution is 2.69. The highest BCUT2D eigenvalue weighted by Gasteiger charge is 2.77. The SMILES string of the molecule is C=CCN(C)C(=O)[C@@H]1[C@H]2C(=O)N([C@@H](CO)C(C)C)C(C(=O)N(CC=C)C(C)(C)CC(C)(C)C)C23S[C@@H]1CC3C. The molecule has 3 saturated heterocycles. The molecular weight excluding hydrogens is 510 g/mol. The van der Waals surface area contributed by atoms with Crippen LogP contribution in [0.25, 0.3) is 0 Å². The quantitative estimate of drug-likeness (QED) is 0.382. The minimum absolute atomic E-state index is 0.0202. The van der Waals surface area contributed by atoms with Gasteiger partial charge < -0.3 is 19.8 Å². The van der Waals surface area contributed by atoms with Crippen molar-refractivity contribution >= 4 is 29.5 Å². The van der Waals surface area contributed by atoms with Gasteiger partial charge in [-0.3, -0.25) is 14.4 Å². The number of likely N-dealkylation sites (N-methyl/N-ethyl adjacent to an activating group) is 1. The third kappa shape index (κ3) is 5.32. The molecule has 0 saturated carbocycles. The molecule has 220 valence electrons. The van der Waals surface area contributed by atoms with Gasteiger partial charge in [0.05, 0.1) is 29.2 Å². The molecular formula is C31H51N3O4S. The van der Waals surface area contributed by atoms with E-state index in [0.717, 1.165) is 12.8 Å². The zero-order chi connectivity index (χ0) is 29.7. The Morgan fingerprint density at radius 3 is 2.23 bits per heavy atom. The Labute approximate surface area is 240 Å². The third-order valence-corrected chi connectivity index (χ3v) is 11.1. The zero-order valence-corrected chi connectivity index (χ0v) is 26.4. The number of rotatable bonds is 11. The zero-order valence-electron chi connectivity index (χ0n) is 25.6. The minimum atomic E-state index is -0.763. The molecule has 0 aromatic carbocycles. The third-order valence-electron chi connectivity index (χ3n) is 9.07. The molecule has 3 amide bonds. The van der Waals surface area contributed by atoms with Crippen LogP contribution in [0.3, 0.4) is 0 Å². The number of hydrogen-bond donors (Lipinski definition) is 1. The van der Waals surface area contributed by atoms with Crippen LogP contribution in [-0.2, 0) is 14.4 Å². The molecule has 1 spiro atoms. The fourth-order valence-corrected chi connectivity index (χ4v) is 10.2. The van der Waals surface area contributed by atoms with Crippen molar-refractivity contribution in [3.8, 4) is 0 Å². The predicted octanol–water partition coefficient (Wildman–Crippen LogP) is 4.21. The Hall–Kier alpha value is -1.80. The standard InChI is InChI=1S/C31H51N3O4S/c1-12-14-32(11)26(36)23-22-16-20(5)31(39-22)24(23)27(37)34(21(17-35)19(3)4)25(31)28(38)33(15-13-2)30(9,10)18-29(6,7)8/h12-13,19-25,35H,1-2,14-18H2,3-11H3/t20?,21-,22+,23-,24-,25?,31?/m0/s1. The van der Waals surface area contributed by atoms with Gasteiger partial charge in [0, 0.05) is 30.9 Å². The van der Waals surface area contributed by atoms with Crippen LogP contribution in [0, 0.1) is 29.1 Å². The number of carbonyl (C=O) groups excluding carboxylic acids is 3. The summed E-state index contributed by atoms with van der Waals surface area (Å²) in [7, 11) is 1.75. The molecule has 7 atom stereocenters. The summed E-state index contributed by atoms with van der Waals surface area (Å²) in [6, 6.07) is -1.28. The number of carbonyl (C=O) groups is 3. The number of aliphatic hydroxyl groups excluding tert-OH is 1. The molecule has 2 bridgehead atoms. The van der Waals surface area contributed by atoms with Gasteiger partial charge in [0.1, 0.15) is 6.04 Å². The van der Waals surface area contributed by atoms with Gasteiger partial charge in [-0.1, -0.05) is 53.7 Å². The van der Waals surface area contributed by atoms with E-state index in [2.05, 4.69) is 54.7 Å². The first-order valence-corrected chi connectivity index (χ1v) is 15.3. The largest absolute Gasteiger partial charge is 0.394 e. The maximum Gasteiger partial charge on any atom is 0.247 e. The number of amides is 3. The lowest BCUT2D eigenvalue weighted by atomic mass is 9.65. The summed E-state index contributed by atoms with van der Waals surface area (Å²) in [5.41, 5.74) is -0.523. The van der Waals surface area contributed by atoms with Crippen molar-refractivity contribution in [2.24, 2.45) is 29.1 Å². The van der Waals surface area contributed by atoms with Crippen molar-refractivity contribution in [3.05, 3.63) is 25.3 Å². The molecule has 3 fully saturated rings. The van der Waals surface area contributed by atoms with Crippen molar-refractivity contribution in [3.63, 3.8) is 0 Å². The second-order valence-electron chi connectivity index (χ2n) is 14.1. The van der Waals surface area contributed by atoms with Crippen LogP contribution in [0.2, 0.25) is 0 Å². The molecule has 3 unspecified atom stereocenters. The summed E-state index contributed by atoms with van der Waals surface area (Å²) in [6.07, 6.45) is 4.99. The van der Waals surface area contributed by atoms with Gasteiger partial charge in [-0.25, -0.2) is 0 Å². The van der Waals surface area contributed by atoms with Crippen molar-refractivity contribution in [2.45, 2.75) is 95.9 Å². The molecule has 0 aromatic heterocycles. The summed E-state index contributed by atoms with van der Waals surface area (Å²) in [5, 5.41) is 10.5. The van der Waals surface area contributed by atoms with E-state index in [9.17, 15) is 19.5 Å². The molecule has 1 N–H and O–H groups in total. The number of aliphatic hydroxyl groups is 1. The van der Waals surface area contributed by atoms with Crippen LogP contribution in [0.15, 0.2) is 25.3 Å². The Morgan fingerprint density at radius 1 is 1.15 bits per heavy atom. The normalized spacial score (nSPS) is 30.9. The Morgan fingerprint density at radius 2 is 1.74 bits per heavy atom. The van der Waals surface area contributed by atoms with Crippen LogP contribution < -0.4 is 0 Å². The lowest BCUT2D eigenvalue weighted by molar-refractivity contribution is -0.150. The van der Waals surface area contributed by atoms with Gasteiger partial charge in [-0.2, -0.15) is 0 Å². The van der Waals surface area contributed by atoms with E-state index in [1.807, 2.05) is 18.7 Å². The maximum absolute atomic E-state index is 14.9. The molecule has 3 heterocycles. The number of likely N-dealkylation sites (tertiary alicyclic amines) is 1. The average molecular weight is 562 g/mol. The Kier molecular flexibility index (Phi) is 9.13. The number of fused-ring (bicyclic) bond motifs is 1. The molecule has 3 rings (SSSR count). The summed E-state index contributed by atoms with van der Waals surface area (Å²) in [5.74, 6) is -1.42. The van der Waals surface area contributed by atoms with E-state index in [0.29, 0.717) is 13.1 Å². The Balaban J connectivity index is 2.20. The Bertz CT molecular complexity index is 989. The van der Waals surface area contributed by atoms with Crippen LogP contribution in [-0.4, -0.2) is 91.9 Å². The molecule has 7 nitrogen and oxygen atoms in total. The van der Waals surface area contributed by atoms with E-state index in [1.54, 1.807) is 40.8 Å². The highest BCUT2D eigenvalue weighted by molar-refractivity contribution is 8.02. The van der Waals surface area contributed by atoms with E-state index >= 15 is 0 Å². The van der Waals surface area contributed by atoms with Crippen LogP contribution in [0.4, 0.5) is 0 Å². The van der Waals surface area contributed by atoms with Crippen LogP contribution in [0.5, 0.6) is 0 Å². The molecule has 8 heteroatoms. The summed E-state index contributed by atoms with van der Waals surface area (Å²) < 4.78 is -0.728. The lowest BCUT2D eigenvalue weighted by Crippen LogP contribution is -2.63.